The molecular formula is C13H18. The molecule has 1 aromatic rings. The van der Waals surface area contributed by atoms with Gasteiger partial charge in [0.25, 0.3) is 0 Å². The molecule has 0 N–H and O–H groups in total. The summed E-state index contributed by atoms with van der Waals surface area (Å²) in [6.45, 7) is 10.5. The van der Waals surface area contributed by atoms with Crippen molar-refractivity contribution in [2.75, 3.05) is 0 Å². The molecule has 1 aromatic carbocycles. The molecule has 0 amide bonds. The largest absolute Gasteiger partial charge is 0.103 e. The van der Waals surface area contributed by atoms with E-state index in [0.717, 1.165) is 6.42 Å². The number of benzene rings is 1. The Morgan fingerprint density at radius 1 is 1.38 bits per heavy atom. The molecule has 1 rings (SSSR count). The predicted molar refractivity (Wildman–Crippen MR) is 59.2 cm³/mol. The topological polar surface area (TPSA) is 0 Å². The minimum Gasteiger partial charge on any atom is -0.103 e. The fraction of sp³-hybridized carbons (Fsp3) is 0.385. The van der Waals surface area contributed by atoms with Gasteiger partial charge >= 0.3 is 0 Å². The quantitative estimate of drug-likeness (QED) is 0.611. The van der Waals surface area contributed by atoms with E-state index in [2.05, 4.69) is 45.5 Å². The van der Waals surface area contributed by atoms with Crippen LogP contribution in [0.3, 0.4) is 0 Å². The van der Waals surface area contributed by atoms with Gasteiger partial charge in [0.05, 0.1) is 0 Å². The van der Waals surface area contributed by atoms with Crippen molar-refractivity contribution in [1.82, 2.24) is 0 Å². The molecule has 0 saturated carbocycles. The molecule has 0 aliphatic rings. The summed E-state index contributed by atoms with van der Waals surface area (Å²) in [6, 6.07) is 6.51. The summed E-state index contributed by atoms with van der Waals surface area (Å²) in [5, 5.41) is 0. The highest BCUT2D eigenvalue weighted by Gasteiger charge is 2.07. The average Bonchev–Trinajstić information content (AvgIpc) is 2.04. The number of allylic oxidation sites excluding steroid dienone is 1. The van der Waals surface area contributed by atoms with Crippen molar-refractivity contribution in [3.63, 3.8) is 0 Å². The molecular weight excluding hydrogens is 156 g/mol. The zero-order valence-electron chi connectivity index (χ0n) is 8.80. The molecule has 0 heterocycles. The van der Waals surface area contributed by atoms with Crippen LogP contribution in [0.4, 0.5) is 0 Å². The molecule has 70 valence electrons. The molecule has 0 atom stereocenters. The van der Waals surface area contributed by atoms with E-state index in [1.54, 1.807) is 0 Å². The number of hydrogen-bond donors (Lipinski definition) is 0. The van der Waals surface area contributed by atoms with E-state index in [1.807, 2.05) is 6.08 Å². The van der Waals surface area contributed by atoms with Crippen LogP contribution in [0.2, 0.25) is 0 Å². The van der Waals surface area contributed by atoms with Crippen LogP contribution in [-0.2, 0) is 6.42 Å². The number of rotatable bonds is 3. The van der Waals surface area contributed by atoms with Crippen LogP contribution in [0.1, 0.15) is 36.5 Å². The van der Waals surface area contributed by atoms with Gasteiger partial charge in [-0.1, -0.05) is 38.1 Å². The summed E-state index contributed by atoms with van der Waals surface area (Å²) < 4.78 is 0. The van der Waals surface area contributed by atoms with Crippen LogP contribution in [0.5, 0.6) is 0 Å². The summed E-state index contributed by atoms with van der Waals surface area (Å²) in [7, 11) is 0. The highest BCUT2D eigenvalue weighted by Crippen LogP contribution is 2.23. The first-order valence-electron chi connectivity index (χ1n) is 4.86. The minimum atomic E-state index is 0.608. The summed E-state index contributed by atoms with van der Waals surface area (Å²) in [6.07, 6.45) is 2.95. The predicted octanol–water partition coefficient (Wildman–Crippen LogP) is 3.85. The summed E-state index contributed by atoms with van der Waals surface area (Å²) in [4.78, 5) is 0. The third kappa shape index (κ3) is 2.21. The molecule has 0 heteroatoms. The van der Waals surface area contributed by atoms with Gasteiger partial charge < -0.3 is 0 Å². The Labute approximate surface area is 81.3 Å². The molecule has 0 fully saturated rings. The molecule has 0 bridgehead atoms. The van der Waals surface area contributed by atoms with E-state index in [1.165, 1.54) is 16.7 Å². The van der Waals surface area contributed by atoms with Gasteiger partial charge in [-0.25, -0.2) is 0 Å². The lowest BCUT2D eigenvalue weighted by Crippen LogP contribution is -1.98. The first-order valence-corrected chi connectivity index (χ1v) is 4.86. The first kappa shape index (κ1) is 10.0. The van der Waals surface area contributed by atoms with Gasteiger partial charge in [0.2, 0.25) is 0 Å². The van der Waals surface area contributed by atoms with E-state index < -0.39 is 0 Å². The van der Waals surface area contributed by atoms with Crippen molar-refractivity contribution < 1.29 is 0 Å². The van der Waals surface area contributed by atoms with Crippen LogP contribution >= 0.6 is 0 Å². The van der Waals surface area contributed by atoms with E-state index in [4.69, 9.17) is 0 Å². The summed E-state index contributed by atoms with van der Waals surface area (Å²) in [5.74, 6) is 0.608. The van der Waals surface area contributed by atoms with Crippen molar-refractivity contribution in [2.45, 2.75) is 33.1 Å². The zero-order valence-corrected chi connectivity index (χ0v) is 8.80. The second kappa shape index (κ2) is 4.27. The molecule has 13 heavy (non-hydrogen) atoms. The van der Waals surface area contributed by atoms with E-state index in [-0.39, 0.29) is 0 Å². The molecule has 0 aliphatic carbocycles. The lowest BCUT2D eigenvalue weighted by molar-refractivity contribution is 0.840. The molecule has 0 radical (unpaired) electrons. The van der Waals surface area contributed by atoms with Crippen molar-refractivity contribution >= 4 is 0 Å². The highest BCUT2D eigenvalue weighted by atomic mass is 14.1. The standard InChI is InChI=1S/C13H18/c1-5-7-12-9-6-8-11(4)13(12)10(2)3/h5-6,8-10H,1,7H2,2-4H3. The number of aryl methyl sites for hydroxylation is 1. The van der Waals surface area contributed by atoms with Crippen LogP contribution in [-0.4, -0.2) is 0 Å². The average molecular weight is 174 g/mol. The van der Waals surface area contributed by atoms with E-state index in [0.29, 0.717) is 5.92 Å². The molecule has 0 nitrogen and oxygen atoms in total. The van der Waals surface area contributed by atoms with Gasteiger partial charge in [0.1, 0.15) is 0 Å². The van der Waals surface area contributed by atoms with Crippen molar-refractivity contribution in [1.29, 1.82) is 0 Å². The summed E-state index contributed by atoms with van der Waals surface area (Å²) >= 11 is 0. The second-order valence-electron chi connectivity index (χ2n) is 3.80. The van der Waals surface area contributed by atoms with Crippen molar-refractivity contribution in [3.8, 4) is 0 Å². The molecule has 0 aliphatic heterocycles. The van der Waals surface area contributed by atoms with Crippen LogP contribution in [0, 0.1) is 6.92 Å². The maximum absolute atomic E-state index is 3.79. The molecule has 0 unspecified atom stereocenters. The Hall–Kier alpha value is -1.04. The first-order chi connectivity index (χ1) is 6.16. The fourth-order valence-corrected chi connectivity index (χ4v) is 1.90. The fourth-order valence-electron chi connectivity index (χ4n) is 1.90. The van der Waals surface area contributed by atoms with Gasteiger partial charge in [-0.2, -0.15) is 0 Å². The Morgan fingerprint density at radius 3 is 2.62 bits per heavy atom. The van der Waals surface area contributed by atoms with Crippen LogP contribution in [0.15, 0.2) is 30.9 Å². The maximum Gasteiger partial charge on any atom is -0.00972 e. The number of hydrogen-bond acceptors (Lipinski definition) is 0. The lowest BCUT2D eigenvalue weighted by Gasteiger charge is -2.14. The molecule has 0 spiro atoms. The van der Waals surface area contributed by atoms with Gasteiger partial charge in [0, 0.05) is 0 Å². The third-order valence-electron chi connectivity index (χ3n) is 2.36. The Morgan fingerprint density at radius 2 is 2.08 bits per heavy atom. The zero-order chi connectivity index (χ0) is 9.84. The summed E-state index contributed by atoms with van der Waals surface area (Å²) in [5.41, 5.74) is 4.31. The third-order valence-corrected chi connectivity index (χ3v) is 2.36. The normalized spacial score (nSPS) is 10.5. The van der Waals surface area contributed by atoms with E-state index in [9.17, 15) is 0 Å². The SMILES string of the molecule is C=CCc1cccc(C)c1C(C)C. The van der Waals surface area contributed by atoms with E-state index >= 15 is 0 Å². The smallest absolute Gasteiger partial charge is 0.00972 e. The Kier molecular flexibility index (Phi) is 3.30. The van der Waals surface area contributed by atoms with Crippen LogP contribution < -0.4 is 0 Å². The second-order valence-corrected chi connectivity index (χ2v) is 3.80. The van der Waals surface area contributed by atoms with Crippen LogP contribution in [0.25, 0.3) is 0 Å². The van der Waals surface area contributed by atoms with Gasteiger partial charge in [0.15, 0.2) is 0 Å². The van der Waals surface area contributed by atoms with Gasteiger partial charge in [-0.3, -0.25) is 0 Å². The van der Waals surface area contributed by atoms with Gasteiger partial charge in [-0.15, -0.1) is 6.58 Å². The van der Waals surface area contributed by atoms with Gasteiger partial charge in [-0.05, 0) is 36.0 Å². The van der Waals surface area contributed by atoms with Crippen molar-refractivity contribution in [3.05, 3.63) is 47.5 Å². The monoisotopic (exact) mass is 174 g/mol. The maximum atomic E-state index is 3.79. The Bertz CT molecular complexity index is 295. The Balaban J connectivity index is 3.17. The highest BCUT2D eigenvalue weighted by molar-refractivity contribution is 5.37. The molecule has 0 saturated heterocycles. The minimum absolute atomic E-state index is 0.608. The lowest BCUT2D eigenvalue weighted by atomic mass is 9.91. The van der Waals surface area contributed by atoms with Crippen molar-refractivity contribution in [2.24, 2.45) is 0 Å². The molecule has 0 aromatic heterocycles.